The average molecular weight is 1190 g/mol. The highest BCUT2D eigenvalue weighted by molar-refractivity contribution is 14.1. The third kappa shape index (κ3) is 22.6. The lowest BCUT2D eigenvalue weighted by Crippen LogP contribution is -2.21. The molecule has 0 unspecified atom stereocenters. The molecule has 406 valence electrons. The predicted octanol–water partition coefficient (Wildman–Crippen LogP) is 7.17. The van der Waals surface area contributed by atoms with Crippen molar-refractivity contribution >= 4 is 75.2 Å². The molecule has 10 heterocycles. The number of nitrogens with one attached hydrogen (secondary N) is 2. The molecule has 0 saturated carbocycles. The lowest BCUT2D eigenvalue weighted by molar-refractivity contribution is 0.0599. The van der Waals surface area contributed by atoms with Gasteiger partial charge < -0.3 is 25.6 Å². The summed E-state index contributed by atoms with van der Waals surface area (Å²) in [5.74, 6) is 3.40. The van der Waals surface area contributed by atoms with Gasteiger partial charge in [-0.25, -0.2) is 70.1 Å². The summed E-state index contributed by atoms with van der Waals surface area (Å²) in [5.41, 5.74) is 8.86. The Balaban J connectivity index is 0.000000276. The number of halogens is 3. The largest absolute Gasteiger partial charge is 0.465 e. The topological polar surface area (TPSA) is 352 Å². The van der Waals surface area contributed by atoms with Gasteiger partial charge in [-0.15, -0.1) is 0 Å². The molecular weight excluding hydrogens is 1140 g/mol. The number of hydrogen-bond acceptors (Lipinski definition) is 26. The average Bonchev–Trinajstić information content (AvgIpc) is 3.51. The molecule has 0 aromatic carbocycles. The molecule has 30 heteroatoms. The number of aromatic nitrogens is 18. The Bertz CT molecular complexity index is 2870. The zero-order chi connectivity index (χ0) is 54.7. The van der Waals surface area contributed by atoms with Crippen molar-refractivity contribution < 1.29 is 28.7 Å². The van der Waals surface area contributed by atoms with E-state index in [1.54, 1.807) is 153 Å². The second-order valence-electron chi connectivity index (χ2n) is 13.9. The van der Waals surface area contributed by atoms with Gasteiger partial charge in [0.05, 0.1) is 67.5 Å². The third-order valence-corrected chi connectivity index (χ3v) is 9.51. The summed E-state index contributed by atoms with van der Waals surface area (Å²) < 4.78 is 21.6. The fourth-order valence-electron chi connectivity index (χ4n) is 5.55. The van der Waals surface area contributed by atoms with E-state index in [-0.39, 0.29) is 20.4 Å². The van der Waals surface area contributed by atoms with E-state index in [9.17, 15) is 9.59 Å². The van der Waals surface area contributed by atoms with Gasteiger partial charge in [-0.05, 0) is 71.1 Å². The number of carbonyl (C=O) groups excluding carboxylic acids is 2. The van der Waals surface area contributed by atoms with Gasteiger partial charge in [-0.2, -0.15) is 0 Å². The Morgan fingerprint density at radius 1 is 0.506 bits per heavy atom. The number of hydroxylamine groups is 1. The van der Waals surface area contributed by atoms with Gasteiger partial charge in [0.25, 0.3) is 5.91 Å². The number of nitrogens with two attached hydrogens (primary N) is 1. The first-order valence-electron chi connectivity index (χ1n) is 21.7. The first kappa shape index (κ1) is 62.9. The molecule has 0 fully saturated rings. The number of ether oxygens (including phenoxy) is 1. The van der Waals surface area contributed by atoms with Crippen molar-refractivity contribution in [3.63, 3.8) is 0 Å². The summed E-state index contributed by atoms with van der Waals surface area (Å²) in [6, 6.07) is 13.6. The smallest absolute Gasteiger partial charge is 0.339 e. The number of rotatable bonds is 12. The van der Waals surface area contributed by atoms with E-state index in [0.717, 1.165) is 9.39 Å². The quantitative estimate of drug-likeness (QED) is 0.0407. The number of hydrogen-bond donors (Lipinski definition) is 4. The third-order valence-electron chi connectivity index (χ3n) is 8.95. The van der Waals surface area contributed by atoms with Crippen molar-refractivity contribution in [3.05, 3.63) is 212 Å². The number of esters is 1. The molecule has 0 spiro atoms. The number of anilines is 7. The van der Waals surface area contributed by atoms with Gasteiger partial charge in [0.1, 0.15) is 58.1 Å². The molecular formula is C49H50F2IN23O4. The molecule has 79 heavy (non-hydrogen) atoms. The number of methoxy groups -OCH3 is 1. The summed E-state index contributed by atoms with van der Waals surface area (Å²) in [7, 11) is 1.33. The minimum absolute atomic E-state index is 0. The number of amides is 1. The predicted molar refractivity (Wildman–Crippen MR) is 293 cm³/mol. The van der Waals surface area contributed by atoms with Gasteiger partial charge in [-0.3, -0.25) is 39.9 Å². The first-order valence-corrected chi connectivity index (χ1v) is 22.8. The van der Waals surface area contributed by atoms with Crippen LogP contribution in [-0.2, 0) is 17.8 Å². The van der Waals surface area contributed by atoms with Crippen LogP contribution in [0.1, 0.15) is 47.0 Å². The second kappa shape index (κ2) is 36.6. The SMILES string of the molecule is C.C.COC(=O)c1ccc(CN(c2ccncn2)c2cnccn2)nc1.FF.Ic1cnccn1.Nc1ccncn1.O=C(NO)c1ccc(CN(c2ccncn2)c2cnccn2)nc1.c1cc(Nc2cnccn2)ncn1. The van der Waals surface area contributed by atoms with Gasteiger partial charge in [0, 0.05) is 95.9 Å². The molecule has 27 nitrogen and oxygen atoms in total. The molecule has 10 aromatic rings. The molecule has 0 aliphatic heterocycles. The van der Waals surface area contributed by atoms with Crippen LogP contribution in [0.25, 0.3) is 0 Å². The van der Waals surface area contributed by atoms with Gasteiger partial charge in [0.15, 0.2) is 11.6 Å². The van der Waals surface area contributed by atoms with E-state index < -0.39 is 11.9 Å². The van der Waals surface area contributed by atoms with E-state index in [1.807, 2.05) is 9.80 Å². The number of nitrogens with zero attached hydrogens (tertiary/aromatic N) is 20. The van der Waals surface area contributed by atoms with Crippen molar-refractivity contribution in [3.8, 4) is 0 Å². The molecule has 0 atom stereocenters. The monoisotopic (exact) mass is 1190 g/mol. The Labute approximate surface area is 464 Å². The summed E-state index contributed by atoms with van der Waals surface area (Å²) in [6.07, 6.45) is 34.7. The number of pyridine rings is 2. The van der Waals surface area contributed by atoms with Crippen molar-refractivity contribution in [1.29, 1.82) is 0 Å². The van der Waals surface area contributed by atoms with Crippen LogP contribution < -0.4 is 26.3 Å². The van der Waals surface area contributed by atoms with Crippen LogP contribution in [0.3, 0.4) is 0 Å². The standard InChI is InChI=1S/C16H14N6O2.C15H13N7O2.C8H7N5.C4H3IN2.C4H5N3.2CH4.F2/c1-24-16(23)12-2-3-13(20-8-12)10-22(14-4-5-18-11-21-14)15-9-17-6-7-19-15;23-15(21-24)11-1-2-12(19-7-11)9-22(13-3-4-17-10-20-13)14-8-16-5-6-18-14;1-2-10-6-12-7(1)13-8-5-9-3-4-11-8;5-4-3-6-1-2-7-4;5-4-1-2-6-3-7-4;;;1-2/h2-9,11H,10H2,1H3;1-8,10,24H,9H2,(H,21,23);1-6H,(H,10,11,12,13);1-3H;1-3H,(H2,5,6,7);2*1H4;. The Hall–Kier alpha value is -10.4. The maximum atomic E-state index is 11.5. The molecule has 0 bridgehead atoms. The molecule has 0 aliphatic carbocycles. The van der Waals surface area contributed by atoms with E-state index in [4.69, 9.17) is 20.1 Å². The van der Waals surface area contributed by atoms with Crippen molar-refractivity contribution in [2.24, 2.45) is 0 Å². The van der Waals surface area contributed by atoms with Crippen LogP contribution in [-0.4, -0.2) is 114 Å². The van der Waals surface area contributed by atoms with Crippen molar-refractivity contribution in [1.82, 2.24) is 95.2 Å². The minimum Gasteiger partial charge on any atom is -0.465 e. The normalized spacial score (nSPS) is 9.38. The van der Waals surface area contributed by atoms with Crippen molar-refractivity contribution in [2.45, 2.75) is 27.9 Å². The van der Waals surface area contributed by atoms with E-state index in [1.165, 1.54) is 44.8 Å². The van der Waals surface area contributed by atoms with Crippen LogP contribution >= 0.6 is 22.6 Å². The highest BCUT2D eigenvalue weighted by atomic mass is 127. The van der Waals surface area contributed by atoms with Gasteiger partial charge >= 0.3 is 5.97 Å². The van der Waals surface area contributed by atoms with Crippen LogP contribution in [0, 0.1) is 3.70 Å². The summed E-state index contributed by atoms with van der Waals surface area (Å²) in [5, 5.41) is 11.6. The van der Waals surface area contributed by atoms with Crippen LogP contribution in [0.15, 0.2) is 185 Å². The molecule has 1 amide bonds. The van der Waals surface area contributed by atoms with E-state index in [0.29, 0.717) is 65.1 Å². The van der Waals surface area contributed by atoms with Crippen LogP contribution in [0.5, 0.6) is 0 Å². The Morgan fingerprint density at radius 3 is 1.33 bits per heavy atom. The van der Waals surface area contributed by atoms with Gasteiger partial charge in [0.2, 0.25) is 0 Å². The molecule has 0 radical (unpaired) electrons. The summed E-state index contributed by atoms with van der Waals surface area (Å²) in [4.78, 5) is 98.9. The lowest BCUT2D eigenvalue weighted by atomic mass is 10.2. The first-order chi connectivity index (χ1) is 37.8. The van der Waals surface area contributed by atoms with Gasteiger partial charge in [-0.1, -0.05) is 14.9 Å². The highest BCUT2D eigenvalue weighted by Gasteiger charge is 2.16. The van der Waals surface area contributed by atoms with Crippen LogP contribution in [0.4, 0.5) is 49.9 Å². The molecule has 0 saturated heterocycles. The lowest BCUT2D eigenvalue weighted by Gasteiger charge is -2.21. The number of nitrogen functional groups attached to an aromatic ring is 1. The fraction of sp³-hybridized carbons (Fsp3) is 0.102. The Kier molecular flexibility index (Phi) is 29.1. The van der Waals surface area contributed by atoms with E-state index in [2.05, 4.69) is 122 Å². The second-order valence-corrected chi connectivity index (χ2v) is 15.0. The summed E-state index contributed by atoms with van der Waals surface area (Å²) in [6.45, 7) is 0.786. The zero-order valence-corrected chi connectivity index (χ0v) is 42.2. The number of carbonyl (C=O) groups is 2. The fourth-order valence-corrected chi connectivity index (χ4v) is 5.87. The molecule has 10 aromatic heterocycles. The minimum atomic E-state index is -0.615. The summed E-state index contributed by atoms with van der Waals surface area (Å²) >= 11 is 2.11. The van der Waals surface area contributed by atoms with E-state index >= 15 is 0 Å². The molecule has 5 N–H and O–H groups in total. The maximum Gasteiger partial charge on any atom is 0.339 e. The maximum absolute atomic E-state index is 11.5. The highest BCUT2D eigenvalue weighted by Crippen LogP contribution is 2.23. The molecule has 0 aliphatic rings. The Morgan fingerprint density at radius 2 is 0.987 bits per heavy atom. The van der Waals surface area contributed by atoms with Crippen LogP contribution in [0.2, 0.25) is 0 Å². The van der Waals surface area contributed by atoms with Crippen molar-refractivity contribution in [2.75, 3.05) is 28.0 Å². The zero-order valence-electron chi connectivity index (χ0n) is 40.1. The molecule has 10 rings (SSSR count).